The van der Waals surface area contributed by atoms with E-state index in [0.717, 1.165) is 6.08 Å². The highest BCUT2D eigenvalue weighted by molar-refractivity contribution is 5.80. The van der Waals surface area contributed by atoms with E-state index >= 15 is 0 Å². The molecule has 124 valence electrons. The van der Waals surface area contributed by atoms with Crippen molar-refractivity contribution in [1.82, 2.24) is 5.39 Å². The van der Waals surface area contributed by atoms with Crippen LogP contribution >= 0.6 is 0 Å². The Morgan fingerprint density at radius 2 is 1.38 bits per heavy atom. The average molecular weight is 309 g/mol. The molecule has 4 N–H and O–H groups in total. The minimum absolute atomic E-state index is 0.0108. The van der Waals surface area contributed by atoms with Gasteiger partial charge >= 0.3 is 5.97 Å². The zero-order valence-corrected chi connectivity index (χ0v) is 11.9. The predicted molar refractivity (Wildman–Crippen MR) is 72.5 cm³/mol. The lowest BCUT2D eigenvalue weighted by molar-refractivity contribution is -0.527. The van der Waals surface area contributed by atoms with E-state index in [1.807, 2.05) is 6.92 Å². The van der Waals surface area contributed by atoms with Gasteiger partial charge in [-0.1, -0.05) is 18.2 Å². The van der Waals surface area contributed by atoms with Gasteiger partial charge in [0, 0.05) is 6.08 Å². The van der Waals surface area contributed by atoms with Gasteiger partial charge in [-0.2, -0.15) is 0 Å². The van der Waals surface area contributed by atoms with Gasteiger partial charge in [-0.25, -0.2) is 19.3 Å². The van der Waals surface area contributed by atoms with Crippen LogP contribution in [0.2, 0.25) is 0 Å². The minimum atomic E-state index is -0.914. The molecule has 0 aromatic heterocycles. The molecule has 0 unspecified atom stereocenters. The van der Waals surface area contributed by atoms with Crippen LogP contribution in [-0.2, 0) is 19.3 Å². The van der Waals surface area contributed by atoms with Crippen molar-refractivity contribution < 1.29 is 39.7 Å². The maximum atomic E-state index is 9.75. The largest absolute Gasteiger partial charge is 0.478 e. The third-order valence-corrected chi connectivity index (χ3v) is 1.41. The number of carbonyl (C=O) groups is 1. The van der Waals surface area contributed by atoms with Crippen molar-refractivity contribution in [3.63, 3.8) is 0 Å². The molecule has 0 atom stereocenters. The van der Waals surface area contributed by atoms with Crippen LogP contribution in [0.5, 0.6) is 0 Å². The van der Waals surface area contributed by atoms with E-state index in [-0.39, 0.29) is 39.6 Å². The van der Waals surface area contributed by atoms with E-state index in [4.69, 9.17) is 34.9 Å². The molecule has 0 radical (unpaired) electrons. The van der Waals surface area contributed by atoms with Gasteiger partial charge in [0.15, 0.2) is 0 Å². The minimum Gasteiger partial charge on any atom is -0.478 e. The van der Waals surface area contributed by atoms with Crippen molar-refractivity contribution in [2.75, 3.05) is 39.6 Å². The molecule has 0 amide bonds. The molecule has 9 nitrogen and oxygen atoms in total. The molecule has 0 aliphatic heterocycles. The monoisotopic (exact) mass is 309 g/mol. The second-order valence-electron chi connectivity index (χ2n) is 3.12. The summed E-state index contributed by atoms with van der Waals surface area (Å²) < 4.78 is 0. The van der Waals surface area contributed by atoms with Crippen LogP contribution in [0.3, 0.4) is 0 Å². The number of allylic oxidation sites excluding steroid dienone is 3. The molecule has 0 rings (SSSR count). The van der Waals surface area contributed by atoms with Gasteiger partial charge in [0.2, 0.25) is 0 Å². The molecule has 0 aliphatic rings. The van der Waals surface area contributed by atoms with Crippen LogP contribution in [-0.4, -0.2) is 71.4 Å². The molecule has 0 aliphatic carbocycles. The Morgan fingerprint density at radius 3 is 1.67 bits per heavy atom. The summed E-state index contributed by atoms with van der Waals surface area (Å²) in [6, 6.07) is 0. The van der Waals surface area contributed by atoms with Gasteiger partial charge in [0.05, 0.1) is 45.0 Å². The summed E-state index contributed by atoms with van der Waals surface area (Å²) in [5.74, 6) is -0.914. The van der Waals surface area contributed by atoms with Crippen molar-refractivity contribution in [3.8, 4) is 0 Å². The van der Waals surface area contributed by atoms with Crippen molar-refractivity contribution in [3.05, 3.63) is 24.3 Å². The smallest absolute Gasteiger partial charge is 0.328 e. The molecule has 0 heterocycles. The van der Waals surface area contributed by atoms with Gasteiger partial charge in [-0.15, -0.1) is 0 Å². The molecule has 0 saturated carbocycles. The van der Waals surface area contributed by atoms with Crippen molar-refractivity contribution in [2.45, 2.75) is 6.92 Å². The van der Waals surface area contributed by atoms with E-state index in [0.29, 0.717) is 5.39 Å². The maximum Gasteiger partial charge on any atom is 0.328 e. The van der Waals surface area contributed by atoms with Gasteiger partial charge in [0.25, 0.3) is 0 Å². The molecular weight excluding hydrogens is 286 g/mol. The van der Waals surface area contributed by atoms with Crippen LogP contribution in [0.4, 0.5) is 0 Å². The number of carboxylic acids is 1. The van der Waals surface area contributed by atoms with Gasteiger partial charge in [-0.3, -0.25) is 0 Å². The standard InChI is InChI=1S/C6H15NO6.C6H8O2/c8-1-4-11-7(12-5-2-9)13-6-3-10;1-2-3-4-5-6(7)8/h8-10H,1-6H2;2-5H,1H3,(H,7,8). The second-order valence-corrected chi connectivity index (χ2v) is 3.12. The van der Waals surface area contributed by atoms with Crippen LogP contribution in [0, 0.1) is 0 Å². The number of nitrogens with zero attached hydrogens (tertiary/aromatic N) is 1. The molecule has 0 aromatic carbocycles. The quantitative estimate of drug-likeness (QED) is 0.221. The zero-order valence-electron chi connectivity index (χ0n) is 11.9. The summed E-state index contributed by atoms with van der Waals surface area (Å²) in [5, 5.41) is 33.9. The Morgan fingerprint density at radius 1 is 0.952 bits per heavy atom. The molecule has 0 aromatic rings. The summed E-state index contributed by atoms with van der Waals surface area (Å²) in [6.45, 7) is 1.32. The summed E-state index contributed by atoms with van der Waals surface area (Å²) >= 11 is 0. The van der Waals surface area contributed by atoms with Crippen LogP contribution < -0.4 is 0 Å². The first-order valence-electron chi connectivity index (χ1n) is 6.16. The van der Waals surface area contributed by atoms with Crippen molar-refractivity contribution in [2.24, 2.45) is 0 Å². The van der Waals surface area contributed by atoms with Crippen molar-refractivity contribution in [1.29, 1.82) is 0 Å². The highest BCUT2D eigenvalue weighted by Crippen LogP contribution is 1.93. The zero-order chi connectivity index (χ0) is 16.3. The van der Waals surface area contributed by atoms with Crippen LogP contribution in [0.15, 0.2) is 24.3 Å². The number of hydrogen-bond donors (Lipinski definition) is 4. The molecule has 0 spiro atoms. The van der Waals surface area contributed by atoms with Gasteiger partial charge in [-0.05, 0) is 6.92 Å². The molecule has 9 heteroatoms. The SMILES string of the molecule is CC=CC=CC(=O)O.OCCON(OCCO)OCCO. The lowest BCUT2D eigenvalue weighted by Gasteiger charge is -2.17. The topological polar surface area (TPSA) is 129 Å². The first-order valence-corrected chi connectivity index (χ1v) is 6.16. The number of aliphatic hydroxyl groups is 3. The predicted octanol–water partition coefficient (Wildman–Crippen LogP) is -0.737. The first-order chi connectivity index (χ1) is 10.1. The fraction of sp³-hybridized carbons (Fsp3) is 0.583. The van der Waals surface area contributed by atoms with E-state index in [1.165, 1.54) is 6.08 Å². The molecule has 0 fully saturated rings. The fourth-order valence-electron chi connectivity index (χ4n) is 0.707. The maximum absolute atomic E-state index is 9.75. The lowest BCUT2D eigenvalue weighted by atomic mass is 10.4. The Balaban J connectivity index is 0. The molecular formula is C12H23NO8. The Bertz CT molecular complexity index is 263. The number of rotatable bonds is 11. The van der Waals surface area contributed by atoms with E-state index in [9.17, 15) is 4.79 Å². The number of aliphatic carboxylic acids is 1. The summed E-state index contributed by atoms with van der Waals surface area (Å²) in [7, 11) is 0. The Labute approximate surface area is 123 Å². The van der Waals surface area contributed by atoms with Crippen LogP contribution in [0.25, 0.3) is 0 Å². The van der Waals surface area contributed by atoms with Gasteiger partial charge in [0.1, 0.15) is 0 Å². The van der Waals surface area contributed by atoms with E-state index in [2.05, 4.69) is 0 Å². The van der Waals surface area contributed by atoms with E-state index < -0.39 is 5.97 Å². The fourth-order valence-corrected chi connectivity index (χ4v) is 0.707. The van der Waals surface area contributed by atoms with Gasteiger partial charge < -0.3 is 20.4 Å². The van der Waals surface area contributed by atoms with Crippen LogP contribution in [0.1, 0.15) is 6.92 Å². The number of aliphatic hydroxyl groups excluding tert-OH is 3. The molecule has 0 saturated heterocycles. The Kier molecular flexibility index (Phi) is 19.5. The molecule has 21 heavy (non-hydrogen) atoms. The Hall–Kier alpha value is -1.33. The van der Waals surface area contributed by atoms with E-state index in [1.54, 1.807) is 12.2 Å². The number of hydrogen-bond acceptors (Lipinski definition) is 8. The normalized spacial score (nSPS) is 11.1. The summed E-state index contributed by atoms with van der Waals surface area (Å²) in [4.78, 5) is 23.9. The summed E-state index contributed by atoms with van der Waals surface area (Å²) in [5.41, 5.74) is 0. The van der Waals surface area contributed by atoms with Crippen molar-refractivity contribution >= 4 is 5.97 Å². The highest BCUT2D eigenvalue weighted by Gasteiger charge is 2.05. The average Bonchev–Trinajstić information content (AvgIpc) is 2.47. The first kappa shape index (κ1) is 22.0. The lowest BCUT2D eigenvalue weighted by Crippen LogP contribution is -2.28. The highest BCUT2D eigenvalue weighted by atomic mass is 17.2. The second kappa shape index (κ2) is 18.7. The molecule has 0 bridgehead atoms. The summed E-state index contributed by atoms with van der Waals surface area (Å²) in [6.07, 6.45) is 5.98. The number of carboxylic acid groups (broad SMARTS) is 1. The third-order valence-electron chi connectivity index (χ3n) is 1.41. The third kappa shape index (κ3) is 21.1.